The van der Waals surface area contributed by atoms with Crippen molar-refractivity contribution in [2.45, 2.75) is 11.8 Å². The van der Waals surface area contributed by atoms with E-state index in [9.17, 15) is 13.2 Å². The lowest BCUT2D eigenvalue weighted by Gasteiger charge is -2.06. The molecule has 0 radical (unpaired) electrons. The second-order valence-electron chi connectivity index (χ2n) is 3.59. The summed E-state index contributed by atoms with van der Waals surface area (Å²) >= 11 is 5.49. The van der Waals surface area contributed by atoms with Crippen LogP contribution in [0.1, 0.15) is 17.3 Å². The molecule has 7 heteroatoms. The van der Waals surface area contributed by atoms with Crippen LogP contribution in [-0.2, 0) is 14.8 Å². The molecule has 1 rings (SSSR count). The molecule has 0 aliphatic heterocycles. The van der Waals surface area contributed by atoms with Crippen LogP contribution in [0.5, 0.6) is 0 Å². The Morgan fingerprint density at radius 1 is 1.37 bits per heavy atom. The number of halogens is 1. The molecule has 104 valence electrons. The van der Waals surface area contributed by atoms with Gasteiger partial charge in [-0.2, -0.15) is 0 Å². The van der Waals surface area contributed by atoms with Gasteiger partial charge in [0.05, 0.1) is 17.1 Å². The summed E-state index contributed by atoms with van der Waals surface area (Å²) in [6.07, 6.45) is 0. The highest BCUT2D eigenvalue weighted by Crippen LogP contribution is 2.12. The molecule has 0 aliphatic carbocycles. The van der Waals surface area contributed by atoms with Crippen LogP contribution in [0.3, 0.4) is 0 Å². The van der Waals surface area contributed by atoms with Gasteiger partial charge in [0.15, 0.2) is 0 Å². The highest BCUT2D eigenvalue weighted by molar-refractivity contribution is 7.89. The van der Waals surface area contributed by atoms with Crippen molar-refractivity contribution in [3.63, 3.8) is 0 Å². The van der Waals surface area contributed by atoms with Crippen molar-refractivity contribution in [2.24, 2.45) is 0 Å². The molecular weight excluding hydrogens is 290 g/mol. The molecule has 0 bridgehead atoms. The molecule has 0 spiro atoms. The van der Waals surface area contributed by atoms with Crippen LogP contribution >= 0.6 is 11.6 Å². The van der Waals surface area contributed by atoms with Gasteiger partial charge in [-0.3, -0.25) is 0 Å². The average molecular weight is 304 g/mol. The third-order valence-corrected chi connectivity index (χ3v) is 3.68. The van der Waals surface area contributed by atoms with E-state index in [1.807, 2.05) is 0 Å². The van der Waals surface area contributed by atoms with Gasteiger partial charge in [0.25, 0.3) is 0 Å². The van der Waals surface area contributed by atoms with Gasteiger partial charge in [-0.25, -0.2) is 17.9 Å². The lowest BCUT2D eigenvalue weighted by Crippen LogP contribution is -2.24. The molecule has 0 unspecified atom stereocenters. The third-order valence-electron chi connectivity index (χ3n) is 2.13. The number of ether oxygens (including phenoxy) is 1. The number of carbonyl (C=O) groups excluding carboxylic acids is 1. The normalized spacial score (nSPS) is 11.1. The van der Waals surface area contributed by atoms with E-state index in [0.29, 0.717) is 5.56 Å². The Morgan fingerprint density at radius 3 is 2.42 bits per heavy atom. The summed E-state index contributed by atoms with van der Waals surface area (Å²) in [5.41, 5.74) is 0.294. The van der Waals surface area contributed by atoms with E-state index >= 15 is 0 Å². The predicted octanol–water partition coefficient (Wildman–Crippen LogP) is 1.89. The van der Waals surface area contributed by atoms with Crippen molar-refractivity contribution < 1.29 is 17.9 Å². The SMILES string of the molecule is C=C(Cl)CNS(=O)(=O)c1ccc(C(=O)OCC)cc1. The maximum Gasteiger partial charge on any atom is 0.338 e. The van der Waals surface area contributed by atoms with Crippen molar-refractivity contribution >= 4 is 27.6 Å². The van der Waals surface area contributed by atoms with Gasteiger partial charge in [-0.15, -0.1) is 0 Å². The monoisotopic (exact) mass is 303 g/mol. The first-order chi connectivity index (χ1) is 8.86. The van der Waals surface area contributed by atoms with Crippen molar-refractivity contribution in [3.8, 4) is 0 Å². The fraction of sp³-hybridized carbons (Fsp3) is 0.250. The molecule has 0 saturated heterocycles. The average Bonchev–Trinajstić information content (AvgIpc) is 2.37. The van der Waals surface area contributed by atoms with E-state index in [4.69, 9.17) is 16.3 Å². The van der Waals surface area contributed by atoms with Gasteiger partial charge in [0.1, 0.15) is 0 Å². The molecular formula is C12H14ClNO4S. The van der Waals surface area contributed by atoms with Gasteiger partial charge in [-0.1, -0.05) is 18.2 Å². The smallest absolute Gasteiger partial charge is 0.338 e. The van der Waals surface area contributed by atoms with Crippen LogP contribution in [0.4, 0.5) is 0 Å². The Kier molecular flexibility index (Phi) is 5.53. The fourth-order valence-electron chi connectivity index (χ4n) is 1.24. The van der Waals surface area contributed by atoms with E-state index in [-0.39, 0.29) is 23.1 Å². The Hall–Kier alpha value is -1.37. The molecule has 1 aromatic carbocycles. The van der Waals surface area contributed by atoms with Gasteiger partial charge in [0.2, 0.25) is 10.0 Å². The minimum Gasteiger partial charge on any atom is -0.462 e. The molecule has 0 aromatic heterocycles. The number of esters is 1. The second kappa shape index (κ2) is 6.70. The topological polar surface area (TPSA) is 72.5 Å². The minimum absolute atomic E-state index is 0.0402. The van der Waals surface area contributed by atoms with Crippen LogP contribution in [0.15, 0.2) is 40.8 Å². The summed E-state index contributed by atoms with van der Waals surface area (Å²) in [6.45, 7) is 5.29. The summed E-state index contributed by atoms with van der Waals surface area (Å²) in [7, 11) is -3.66. The molecule has 1 N–H and O–H groups in total. The number of sulfonamides is 1. The number of hydrogen-bond acceptors (Lipinski definition) is 4. The van der Waals surface area contributed by atoms with E-state index in [2.05, 4.69) is 11.3 Å². The Labute approximate surface area is 117 Å². The van der Waals surface area contributed by atoms with Crippen molar-refractivity contribution in [2.75, 3.05) is 13.2 Å². The number of benzene rings is 1. The summed E-state index contributed by atoms with van der Waals surface area (Å²) in [5.74, 6) is -0.492. The first kappa shape index (κ1) is 15.7. The van der Waals surface area contributed by atoms with Gasteiger partial charge >= 0.3 is 5.97 Å². The highest BCUT2D eigenvalue weighted by atomic mass is 35.5. The number of carbonyl (C=O) groups is 1. The molecule has 0 fully saturated rings. The quantitative estimate of drug-likeness (QED) is 0.815. The summed E-state index contributed by atoms with van der Waals surface area (Å²) in [6, 6.07) is 5.43. The Morgan fingerprint density at radius 2 is 1.95 bits per heavy atom. The van der Waals surface area contributed by atoms with Crippen molar-refractivity contribution in [1.29, 1.82) is 0 Å². The summed E-state index contributed by atoms with van der Waals surface area (Å²) < 4.78 is 30.7. The standard InChI is InChI=1S/C12H14ClNO4S/c1-3-18-12(15)10-4-6-11(7-5-10)19(16,17)14-8-9(2)13/h4-7,14H,2-3,8H2,1H3. The van der Waals surface area contributed by atoms with Gasteiger partial charge in [-0.05, 0) is 31.2 Å². The molecule has 0 aliphatic rings. The number of hydrogen-bond donors (Lipinski definition) is 1. The zero-order valence-corrected chi connectivity index (χ0v) is 11.9. The first-order valence-corrected chi connectivity index (χ1v) is 7.33. The number of rotatable bonds is 6. The maximum atomic E-state index is 11.8. The van der Waals surface area contributed by atoms with Crippen molar-refractivity contribution in [3.05, 3.63) is 41.4 Å². The first-order valence-electron chi connectivity index (χ1n) is 5.47. The lowest BCUT2D eigenvalue weighted by atomic mass is 10.2. The predicted molar refractivity (Wildman–Crippen MR) is 72.6 cm³/mol. The molecule has 5 nitrogen and oxygen atoms in total. The van der Waals surface area contributed by atoms with Crippen LogP contribution in [0.2, 0.25) is 0 Å². The van der Waals surface area contributed by atoms with Gasteiger partial charge < -0.3 is 4.74 Å². The van der Waals surface area contributed by atoms with Crippen LogP contribution in [0, 0.1) is 0 Å². The van der Waals surface area contributed by atoms with Crippen LogP contribution in [0.25, 0.3) is 0 Å². The largest absolute Gasteiger partial charge is 0.462 e. The molecule has 0 amide bonds. The molecule has 0 saturated carbocycles. The highest BCUT2D eigenvalue weighted by Gasteiger charge is 2.15. The van der Waals surface area contributed by atoms with E-state index in [0.717, 1.165) is 0 Å². The lowest BCUT2D eigenvalue weighted by molar-refractivity contribution is 0.0526. The van der Waals surface area contributed by atoms with Crippen LogP contribution < -0.4 is 4.72 Å². The van der Waals surface area contributed by atoms with E-state index < -0.39 is 16.0 Å². The zero-order chi connectivity index (χ0) is 14.5. The molecule has 0 heterocycles. The second-order valence-corrected chi connectivity index (χ2v) is 5.89. The fourth-order valence-corrected chi connectivity index (χ4v) is 2.41. The van der Waals surface area contributed by atoms with Crippen LogP contribution in [-0.4, -0.2) is 27.5 Å². The molecule has 1 aromatic rings. The molecule has 19 heavy (non-hydrogen) atoms. The third kappa shape index (κ3) is 4.66. The maximum absolute atomic E-state index is 11.8. The van der Waals surface area contributed by atoms with Crippen molar-refractivity contribution in [1.82, 2.24) is 4.72 Å². The number of nitrogens with one attached hydrogen (secondary N) is 1. The Bertz CT molecular complexity index is 566. The Balaban J connectivity index is 2.86. The zero-order valence-electron chi connectivity index (χ0n) is 10.3. The summed E-state index contributed by atoms with van der Waals surface area (Å²) in [4.78, 5) is 11.4. The van der Waals surface area contributed by atoms with E-state index in [1.54, 1.807) is 6.92 Å². The van der Waals surface area contributed by atoms with E-state index in [1.165, 1.54) is 24.3 Å². The van der Waals surface area contributed by atoms with Gasteiger partial charge in [0, 0.05) is 11.6 Å². The summed E-state index contributed by atoms with van der Waals surface area (Å²) in [5, 5.41) is 0.187. The molecule has 0 atom stereocenters. The minimum atomic E-state index is -3.66.